The Morgan fingerprint density at radius 2 is 1.75 bits per heavy atom. The first-order valence-corrected chi connectivity index (χ1v) is 10.3. The molecule has 2 bridgehead atoms. The van der Waals surface area contributed by atoms with Crippen LogP contribution in [0.4, 0.5) is 0 Å². The molecule has 130 valence electrons. The van der Waals surface area contributed by atoms with Crippen LogP contribution in [0.5, 0.6) is 0 Å². The van der Waals surface area contributed by atoms with Gasteiger partial charge in [0.15, 0.2) is 0 Å². The number of fused-ring (bicyclic) bond motifs is 2. The first-order valence-electron chi connectivity index (χ1n) is 9.46. The highest BCUT2D eigenvalue weighted by Crippen LogP contribution is 2.45. The van der Waals surface area contributed by atoms with Crippen LogP contribution in [0.2, 0.25) is 0 Å². The third kappa shape index (κ3) is 3.36. The molecule has 2 heterocycles. The molecule has 0 aromatic heterocycles. The molecule has 2 aliphatic heterocycles. The minimum absolute atomic E-state index is 0.251. The Labute approximate surface area is 149 Å². The maximum Gasteiger partial charge on any atom is 0.236 e. The molecule has 2 unspecified atom stereocenters. The van der Waals surface area contributed by atoms with Crippen molar-refractivity contribution in [1.82, 2.24) is 10.6 Å². The summed E-state index contributed by atoms with van der Waals surface area (Å²) in [5.74, 6) is 0.289. The number of benzene rings is 1. The van der Waals surface area contributed by atoms with Gasteiger partial charge in [0.1, 0.15) is 0 Å². The summed E-state index contributed by atoms with van der Waals surface area (Å²) in [6.45, 7) is 2.11. The number of amides is 1. The molecule has 3 fully saturated rings. The largest absolute Gasteiger partial charge is 0.352 e. The number of aryl methyl sites for hydroxylation is 1. The number of piperidine rings is 1. The third-order valence-electron chi connectivity index (χ3n) is 5.97. The maximum atomic E-state index is 13.2. The maximum absolute atomic E-state index is 13.2. The summed E-state index contributed by atoms with van der Waals surface area (Å²) in [6, 6.07) is 10.2. The van der Waals surface area contributed by atoms with Gasteiger partial charge in [0.05, 0.1) is 4.75 Å². The lowest BCUT2D eigenvalue weighted by molar-refractivity contribution is -0.124. The number of hydrogen-bond acceptors (Lipinski definition) is 3. The molecular weight excluding hydrogens is 316 g/mol. The molecule has 3 aliphatic rings. The number of nitrogens with one attached hydrogen (secondary N) is 2. The van der Waals surface area contributed by atoms with Gasteiger partial charge in [0.25, 0.3) is 0 Å². The number of hydrogen-bond donors (Lipinski definition) is 2. The van der Waals surface area contributed by atoms with E-state index >= 15 is 0 Å². The molecule has 2 N–H and O–H groups in total. The zero-order valence-corrected chi connectivity index (χ0v) is 15.3. The van der Waals surface area contributed by atoms with E-state index in [1.54, 1.807) is 11.8 Å². The van der Waals surface area contributed by atoms with E-state index in [1.807, 2.05) is 0 Å². The van der Waals surface area contributed by atoms with E-state index in [1.165, 1.54) is 36.1 Å². The van der Waals surface area contributed by atoms with E-state index < -0.39 is 0 Å². The highest BCUT2D eigenvalue weighted by molar-refractivity contribution is 8.01. The van der Waals surface area contributed by atoms with Gasteiger partial charge in [-0.3, -0.25) is 4.79 Å². The molecule has 2 saturated heterocycles. The molecule has 4 rings (SSSR count). The van der Waals surface area contributed by atoms with Crippen molar-refractivity contribution in [2.45, 2.75) is 86.1 Å². The lowest BCUT2D eigenvalue weighted by atomic mass is 9.98. The minimum Gasteiger partial charge on any atom is -0.352 e. The van der Waals surface area contributed by atoms with Gasteiger partial charge < -0.3 is 10.6 Å². The zero-order chi connectivity index (χ0) is 16.6. The van der Waals surface area contributed by atoms with Crippen LogP contribution in [0.3, 0.4) is 0 Å². The Hall–Kier alpha value is -1.00. The van der Waals surface area contributed by atoms with Crippen LogP contribution in [0, 0.1) is 6.92 Å². The second-order valence-corrected chi connectivity index (χ2v) is 9.35. The van der Waals surface area contributed by atoms with Crippen LogP contribution in [0.1, 0.15) is 56.9 Å². The molecular formula is C20H28N2OS. The quantitative estimate of drug-likeness (QED) is 0.873. The number of carbonyl (C=O) groups excluding carboxylic acids is 1. The van der Waals surface area contributed by atoms with Crippen LogP contribution < -0.4 is 10.6 Å². The Kier molecular flexibility index (Phi) is 4.61. The van der Waals surface area contributed by atoms with Crippen molar-refractivity contribution in [3.63, 3.8) is 0 Å². The Bertz CT molecular complexity index is 582. The number of thioether (sulfide) groups is 1. The molecule has 1 aromatic rings. The van der Waals surface area contributed by atoms with Crippen LogP contribution >= 0.6 is 11.8 Å². The van der Waals surface area contributed by atoms with Crippen molar-refractivity contribution in [3.8, 4) is 0 Å². The highest BCUT2D eigenvalue weighted by atomic mass is 32.2. The second kappa shape index (κ2) is 6.72. The Balaban J connectivity index is 1.45. The highest BCUT2D eigenvalue weighted by Gasteiger charge is 2.44. The fourth-order valence-electron chi connectivity index (χ4n) is 4.65. The molecule has 2 atom stereocenters. The monoisotopic (exact) mass is 344 g/mol. The van der Waals surface area contributed by atoms with Gasteiger partial charge in [-0.1, -0.05) is 30.5 Å². The first kappa shape index (κ1) is 16.5. The van der Waals surface area contributed by atoms with E-state index in [4.69, 9.17) is 0 Å². The minimum atomic E-state index is -0.251. The number of carbonyl (C=O) groups is 1. The van der Waals surface area contributed by atoms with Gasteiger partial charge in [-0.25, -0.2) is 0 Å². The molecule has 1 aliphatic carbocycles. The normalized spacial score (nSPS) is 31.1. The zero-order valence-electron chi connectivity index (χ0n) is 14.5. The summed E-state index contributed by atoms with van der Waals surface area (Å²) in [6.07, 6.45) is 9.12. The average molecular weight is 345 g/mol. The van der Waals surface area contributed by atoms with Crippen molar-refractivity contribution in [1.29, 1.82) is 0 Å². The first-order chi connectivity index (χ1) is 11.6. The van der Waals surface area contributed by atoms with Crippen molar-refractivity contribution in [2.75, 3.05) is 0 Å². The summed E-state index contributed by atoms with van der Waals surface area (Å²) in [5.41, 5.74) is 1.27. The molecule has 1 saturated carbocycles. The van der Waals surface area contributed by atoms with Crippen molar-refractivity contribution in [2.24, 2.45) is 0 Å². The predicted octanol–water partition coefficient (Wildman–Crippen LogP) is 3.80. The van der Waals surface area contributed by atoms with E-state index in [0.29, 0.717) is 18.1 Å². The smallest absolute Gasteiger partial charge is 0.236 e. The molecule has 3 nitrogen and oxygen atoms in total. The Morgan fingerprint density at radius 1 is 1.12 bits per heavy atom. The van der Waals surface area contributed by atoms with Gasteiger partial charge >= 0.3 is 0 Å². The van der Waals surface area contributed by atoms with Crippen LogP contribution in [-0.2, 0) is 4.79 Å². The summed E-state index contributed by atoms with van der Waals surface area (Å²) in [4.78, 5) is 14.4. The molecule has 1 aromatic carbocycles. The van der Waals surface area contributed by atoms with Crippen LogP contribution in [-0.4, -0.2) is 28.8 Å². The van der Waals surface area contributed by atoms with Gasteiger partial charge in [0, 0.05) is 23.0 Å². The average Bonchev–Trinajstić information content (AvgIpc) is 3.17. The van der Waals surface area contributed by atoms with Crippen molar-refractivity contribution < 1.29 is 4.79 Å². The fraction of sp³-hybridized carbons (Fsp3) is 0.650. The van der Waals surface area contributed by atoms with Crippen LogP contribution in [0.15, 0.2) is 29.2 Å². The fourth-order valence-corrected chi connectivity index (χ4v) is 6.01. The summed E-state index contributed by atoms with van der Waals surface area (Å²) < 4.78 is -0.251. The van der Waals surface area contributed by atoms with Gasteiger partial charge in [0.2, 0.25) is 5.91 Å². The molecule has 1 amide bonds. The lowest BCUT2D eigenvalue weighted by Gasteiger charge is -2.34. The van der Waals surface area contributed by atoms with Crippen molar-refractivity contribution >= 4 is 17.7 Å². The topological polar surface area (TPSA) is 41.1 Å². The van der Waals surface area contributed by atoms with Crippen molar-refractivity contribution in [3.05, 3.63) is 29.8 Å². The number of rotatable bonds is 4. The van der Waals surface area contributed by atoms with Gasteiger partial charge in [-0.05, 0) is 57.6 Å². The van der Waals surface area contributed by atoms with Gasteiger partial charge in [-0.2, -0.15) is 0 Å². The summed E-state index contributed by atoms with van der Waals surface area (Å²) >= 11 is 1.79. The van der Waals surface area contributed by atoms with E-state index in [0.717, 1.165) is 25.7 Å². The second-order valence-electron chi connectivity index (χ2n) is 7.90. The summed E-state index contributed by atoms with van der Waals surface area (Å²) in [5, 5.41) is 7.10. The van der Waals surface area contributed by atoms with Crippen LogP contribution in [0.25, 0.3) is 0 Å². The predicted molar refractivity (Wildman–Crippen MR) is 99.3 cm³/mol. The molecule has 0 radical (unpaired) electrons. The molecule has 0 spiro atoms. The van der Waals surface area contributed by atoms with E-state index in [2.05, 4.69) is 41.8 Å². The lowest BCUT2D eigenvalue weighted by Crippen LogP contribution is -2.52. The summed E-state index contributed by atoms with van der Waals surface area (Å²) in [7, 11) is 0. The SMILES string of the molecule is Cc1ccc(SC2(C(=O)NC3CC4CCC(C3)N4)CCCC2)cc1. The standard InChI is InChI=1S/C20H28N2OS/c1-14-4-8-18(9-5-14)24-20(10-2-3-11-20)19(23)22-17-12-15-6-7-16(13-17)21-15/h4-5,8-9,15-17,21H,2-3,6-7,10-13H2,1H3,(H,22,23). The molecule has 24 heavy (non-hydrogen) atoms. The van der Waals surface area contributed by atoms with E-state index in [9.17, 15) is 4.79 Å². The Morgan fingerprint density at radius 3 is 2.38 bits per heavy atom. The molecule has 4 heteroatoms. The van der Waals surface area contributed by atoms with E-state index in [-0.39, 0.29) is 10.7 Å². The van der Waals surface area contributed by atoms with Gasteiger partial charge in [-0.15, -0.1) is 11.8 Å². The third-order valence-corrected chi connectivity index (χ3v) is 7.46.